The van der Waals surface area contributed by atoms with E-state index >= 15 is 0 Å². The third kappa shape index (κ3) is 2.20. The van der Waals surface area contributed by atoms with Crippen LogP contribution in [0.5, 0.6) is 0 Å². The van der Waals surface area contributed by atoms with Gasteiger partial charge in [0.2, 0.25) is 0 Å². The van der Waals surface area contributed by atoms with Gasteiger partial charge in [-0.2, -0.15) is 0 Å². The highest BCUT2D eigenvalue weighted by atomic mass is 32.1. The van der Waals surface area contributed by atoms with Crippen LogP contribution in [0.2, 0.25) is 0 Å². The molecule has 0 saturated carbocycles. The molecule has 3 nitrogen and oxygen atoms in total. The topological polar surface area (TPSA) is 36.4 Å². The molecule has 1 saturated heterocycles. The average Bonchev–Trinajstić information content (AvgIpc) is 2.75. The molecule has 1 atom stereocenters. The van der Waals surface area contributed by atoms with E-state index in [2.05, 4.69) is 11.8 Å². The molecule has 1 aromatic heterocycles. The molecule has 1 aliphatic heterocycles. The summed E-state index contributed by atoms with van der Waals surface area (Å²) in [6, 6.07) is 0. The van der Waals surface area contributed by atoms with Gasteiger partial charge in [-0.05, 0) is 38.0 Å². The summed E-state index contributed by atoms with van der Waals surface area (Å²) >= 11 is 1.72. The van der Waals surface area contributed by atoms with Crippen molar-refractivity contribution >= 4 is 16.5 Å². The number of nitrogens with zero attached hydrogens (tertiary/aromatic N) is 2. The van der Waals surface area contributed by atoms with E-state index in [-0.39, 0.29) is 6.10 Å². The molecule has 2 aliphatic rings. The maximum Gasteiger partial charge on any atom is 0.185 e. The number of fused-ring (bicyclic) bond motifs is 1. The van der Waals surface area contributed by atoms with Crippen LogP contribution in [0.1, 0.15) is 49.3 Å². The number of aliphatic hydroxyl groups is 1. The standard InChI is InChI=1S/C13H20N2OS/c1-9-5-7-15(8-6-9)13-14-10-3-2-4-11(16)12(10)17-13/h9,11,16H,2-8H2,1H3. The number of rotatable bonds is 1. The number of hydrogen-bond acceptors (Lipinski definition) is 4. The minimum Gasteiger partial charge on any atom is -0.388 e. The van der Waals surface area contributed by atoms with E-state index in [1.54, 1.807) is 11.3 Å². The molecule has 1 aliphatic carbocycles. The lowest BCUT2D eigenvalue weighted by atomic mass is 10.00. The number of hydrogen-bond donors (Lipinski definition) is 1. The summed E-state index contributed by atoms with van der Waals surface area (Å²) in [7, 11) is 0. The maximum absolute atomic E-state index is 9.97. The molecular formula is C13H20N2OS. The highest BCUT2D eigenvalue weighted by molar-refractivity contribution is 7.15. The Kier molecular flexibility index (Phi) is 3.09. The van der Waals surface area contributed by atoms with Crippen LogP contribution in [-0.4, -0.2) is 23.2 Å². The third-order valence-corrected chi connectivity index (χ3v) is 5.22. The quantitative estimate of drug-likeness (QED) is 0.835. The summed E-state index contributed by atoms with van der Waals surface area (Å²) in [4.78, 5) is 8.26. The fourth-order valence-corrected chi connectivity index (χ4v) is 3.90. The summed E-state index contributed by atoms with van der Waals surface area (Å²) in [5.41, 5.74) is 1.15. The van der Waals surface area contributed by atoms with Gasteiger partial charge in [-0.1, -0.05) is 18.3 Å². The highest BCUT2D eigenvalue weighted by Gasteiger charge is 2.25. The summed E-state index contributed by atoms with van der Waals surface area (Å²) < 4.78 is 0. The van der Waals surface area contributed by atoms with Crippen LogP contribution in [0.15, 0.2) is 0 Å². The molecule has 1 aromatic rings. The first-order valence-corrected chi connectivity index (χ1v) is 7.48. The molecule has 3 rings (SSSR count). The SMILES string of the molecule is CC1CCN(c2nc3c(s2)C(O)CCC3)CC1. The van der Waals surface area contributed by atoms with Crippen molar-refractivity contribution in [3.8, 4) is 0 Å². The first-order valence-electron chi connectivity index (χ1n) is 6.66. The summed E-state index contributed by atoms with van der Waals surface area (Å²) in [5.74, 6) is 0.853. The van der Waals surface area contributed by atoms with E-state index in [9.17, 15) is 5.11 Å². The van der Waals surface area contributed by atoms with Crippen LogP contribution >= 0.6 is 11.3 Å². The third-order valence-electron chi connectivity index (χ3n) is 3.96. The molecule has 0 bridgehead atoms. The van der Waals surface area contributed by atoms with E-state index in [0.29, 0.717) is 0 Å². The van der Waals surface area contributed by atoms with Crippen molar-refractivity contribution in [3.05, 3.63) is 10.6 Å². The van der Waals surface area contributed by atoms with Crippen molar-refractivity contribution in [1.29, 1.82) is 0 Å². The summed E-state index contributed by atoms with van der Waals surface area (Å²) in [5, 5.41) is 11.1. The van der Waals surface area contributed by atoms with Crippen LogP contribution < -0.4 is 4.90 Å². The Hall–Kier alpha value is -0.610. The van der Waals surface area contributed by atoms with Crippen LogP contribution in [0.4, 0.5) is 5.13 Å². The van der Waals surface area contributed by atoms with Crippen molar-refractivity contribution in [2.24, 2.45) is 5.92 Å². The number of aromatic nitrogens is 1. The van der Waals surface area contributed by atoms with Gasteiger partial charge in [0.05, 0.1) is 16.7 Å². The fourth-order valence-electron chi connectivity index (χ4n) is 2.72. The van der Waals surface area contributed by atoms with Gasteiger partial charge in [-0.3, -0.25) is 0 Å². The maximum atomic E-state index is 9.97. The fraction of sp³-hybridized carbons (Fsp3) is 0.769. The van der Waals surface area contributed by atoms with Crippen molar-refractivity contribution in [3.63, 3.8) is 0 Å². The van der Waals surface area contributed by atoms with Crippen molar-refractivity contribution in [2.75, 3.05) is 18.0 Å². The van der Waals surface area contributed by atoms with Crippen LogP contribution in [0.25, 0.3) is 0 Å². The van der Waals surface area contributed by atoms with Gasteiger partial charge >= 0.3 is 0 Å². The van der Waals surface area contributed by atoms with Gasteiger partial charge in [0.1, 0.15) is 0 Å². The molecule has 1 N–H and O–H groups in total. The molecule has 1 unspecified atom stereocenters. The van der Waals surface area contributed by atoms with E-state index < -0.39 is 0 Å². The molecule has 2 heterocycles. The summed E-state index contributed by atoms with van der Waals surface area (Å²) in [6.45, 7) is 4.58. The molecular weight excluding hydrogens is 232 g/mol. The molecule has 0 aromatic carbocycles. The first kappa shape index (κ1) is 11.5. The first-order chi connectivity index (χ1) is 8.24. The Bertz CT molecular complexity index is 396. The van der Waals surface area contributed by atoms with Crippen molar-refractivity contribution in [2.45, 2.75) is 45.1 Å². The lowest BCUT2D eigenvalue weighted by Gasteiger charge is -2.29. The number of aliphatic hydroxyl groups excluding tert-OH is 1. The van der Waals surface area contributed by atoms with Gasteiger partial charge in [0.15, 0.2) is 5.13 Å². The largest absolute Gasteiger partial charge is 0.388 e. The zero-order valence-electron chi connectivity index (χ0n) is 10.4. The predicted molar refractivity (Wildman–Crippen MR) is 70.6 cm³/mol. The molecule has 17 heavy (non-hydrogen) atoms. The van der Waals surface area contributed by atoms with E-state index in [4.69, 9.17) is 4.98 Å². The smallest absolute Gasteiger partial charge is 0.185 e. The Morgan fingerprint density at radius 3 is 2.76 bits per heavy atom. The van der Waals surface area contributed by atoms with Gasteiger partial charge < -0.3 is 10.0 Å². The van der Waals surface area contributed by atoms with E-state index in [1.807, 2.05) is 0 Å². The van der Waals surface area contributed by atoms with Crippen LogP contribution in [0, 0.1) is 5.92 Å². The lowest BCUT2D eigenvalue weighted by Crippen LogP contribution is -2.32. The Morgan fingerprint density at radius 1 is 1.29 bits per heavy atom. The van der Waals surface area contributed by atoms with Crippen molar-refractivity contribution < 1.29 is 5.11 Å². The Morgan fingerprint density at radius 2 is 2.06 bits per heavy atom. The molecule has 94 valence electrons. The molecule has 0 radical (unpaired) electrons. The Labute approximate surface area is 106 Å². The van der Waals surface area contributed by atoms with Gasteiger partial charge in [0.25, 0.3) is 0 Å². The highest BCUT2D eigenvalue weighted by Crippen LogP contribution is 2.38. The number of aryl methyl sites for hydroxylation is 1. The average molecular weight is 252 g/mol. The molecule has 1 fully saturated rings. The van der Waals surface area contributed by atoms with Crippen molar-refractivity contribution in [1.82, 2.24) is 4.98 Å². The molecule has 0 amide bonds. The zero-order chi connectivity index (χ0) is 11.8. The number of piperidine rings is 1. The molecule has 4 heteroatoms. The van der Waals surface area contributed by atoms with Gasteiger partial charge in [0, 0.05) is 13.1 Å². The van der Waals surface area contributed by atoms with E-state index in [0.717, 1.165) is 54.0 Å². The normalized spacial score (nSPS) is 26.0. The minimum atomic E-state index is -0.256. The van der Waals surface area contributed by atoms with Gasteiger partial charge in [-0.25, -0.2) is 4.98 Å². The molecule has 0 spiro atoms. The minimum absolute atomic E-state index is 0.256. The summed E-state index contributed by atoms with van der Waals surface area (Å²) in [6.07, 6.45) is 5.32. The lowest BCUT2D eigenvalue weighted by molar-refractivity contribution is 0.160. The Balaban J connectivity index is 1.80. The second-order valence-electron chi connectivity index (χ2n) is 5.38. The number of anilines is 1. The van der Waals surface area contributed by atoms with Gasteiger partial charge in [-0.15, -0.1) is 0 Å². The monoisotopic (exact) mass is 252 g/mol. The predicted octanol–water partition coefficient (Wildman–Crippen LogP) is 2.75. The van der Waals surface area contributed by atoms with Crippen LogP contribution in [-0.2, 0) is 6.42 Å². The zero-order valence-corrected chi connectivity index (χ0v) is 11.2. The second kappa shape index (κ2) is 4.58. The van der Waals surface area contributed by atoms with Crippen LogP contribution in [0.3, 0.4) is 0 Å². The number of thiazole rings is 1. The van der Waals surface area contributed by atoms with E-state index in [1.165, 1.54) is 12.8 Å². The second-order valence-corrected chi connectivity index (χ2v) is 6.39.